The predicted octanol–water partition coefficient (Wildman–Crippen LogP) is 4.43. The van der Waals surface area contributed by atoms with Gasteiger partial charge >= 0.3 is 0 Å². The van der Waals surface area contributed by atoms with Gasteiger partial charge in [0, 0.05) is 11.2 Å². The number of nitrogens with zero attached hydrogens (tertiary/aromatic N) is 1. The van der Waals surface area contributed by atoms with Crippen LogP contribution in [-0.2, 0) is 16.6 Å². The molecule has 8 heteroatoms. The number of aromatic nitrogens is 1. The number of sulfonamides is 1. The first-order valence-corrected chi connectivity index (χ1v) is 10.3. The summed E-state index contributed by atoms with van der Waals surface area (Å²) in [5.74, 6) is 0.573. The largest absolute Gasteiger partial charge is 0.495 e. The predicted molar refractivity (Wildman–Crippen MR) is 109 cm³/mol. The topological polar surface area (TPSA) is 77.5 Å². The normalized spacial score (nSPS) is 11.1. The molecule has 0 aliphatic carbocycles. The van der Waals surface area contributed by atoms with Crippen molar-refractivity contribution in [3.05, 3.63) is 76.9 Å². The molecule has 0 bridgehead atoms. The molecular formula is C20H19ClN2O4S. The van der Waals surface area contributed by atoms with Crippen LogP contribution >= 0.6 is 11.6 Å². The van der Waals surface area contributed by atoms with Crippen molar-refractivity contribution in [3.8, 4) is 11.5 Å². The van der Waals surface area contributed by atoms with Crippen LogP contribution in [0.1, 0.15) is 11.1 Å². The summed E-state index contributed by atoms with van der Waals surface area (Å²) in [6, 6.07) is 15.5. The Morgan fingerprint density at radius 3 is 2.61 bits per heavy atom. The molecule has 0 fully saturated rings. The molecule has 0 amide bonds. The molecule has 0 spiro atoms. The van der Waals surface area contributed by atoms with Crippen LogP contribution in [0, 0.1) is 6.92 Å². The summed E-state index contributed by atoms with van der Waals surface area (Å²) >= 11 is 5.96. The molecule has 0 atom stereocenters. The van der Waals surface area contributed by atoms with Gasteiger partial charge in [-0.05, 0) is 48.4 Å². The van der Waals surface area contributed by atoms with Crippen molar-refractivity contribution >= 4 is 27.4 Å². The minimum Gasteiger partial charge on any atom is -0.495 e. The Labute approximate surface area is 169 Å². The molecule has 28 heavy (non-hydrogen) atoms. The molecule has 1 N–H and O–H groups in total. The molecule has 2 aromatic carbocycles. The first-order valence-electron chi connectivity index (χ1n) is 8.39. The quantitative estimate of drug-likeness (QED) is 0.614. The van der Waals surface area contributed by atoms with Crippen molar-refractivity contribution in [1.82, 2.24) is 4.98 Å². The summed E-state index contributed by atoms with van der Waals surface area (Å²) in [5.41, 5.74) is 2.08. The lowest BCUT2D eigenvalue weighted by molar-refractivity contribution is 0.306. The van der Waals surface area contributed by atoms with Gasteiger partial charge in [-0.15, -0.1) is 0 Å². The van der Waals surface area contributed by atoms with Crippen LogP contribution in [0.2, 0.25) is 5.02 Å². The summed E-state index contributed by atoms with van der Waals surface area (Å²) in [5, 5.41) is 0.276. The standard InChI is InChI=1S/C20H19ClN2O4S/c1-14-6-3-4-7-15(14)13-27-18-8-5-11-22-20(18)23-28(24,25)19-12-16(21)9-10-17(19)26-2/h3-12H,13H2,1-2H3,(H,22,23). The number of rotatable bonds is 7. The lowest BCUT2D eigenvalue weighted by atomic mass is 10.1. The number of hydrogen-bond donors (Lipinski definition) is 1. The highest BCUT2D eigenvalue weighted by Crippen LogP contribution is 2.31. The number of ether oxygens (including phenoxy) is 2. The van der Waals surface area contributed by atoms with E-state index in [9.17, 15) is 8.42 Å². The number of pyridine rings is 1. The SMILES string of the molecule is COc1ccc(Cl)cc1S(=O)(=O)Nc1ncccc1OCc1ccccc1C. The lowest BCUT2D eigenvalue weighted by Gasteiger charge is -2.15. The number of anilines is 1. The Kier molecular flexibility index (Phi) is 6.06. The van der Waals surface area contributed by atoms with Crippen LogP contribution in [0.4, 0.5) is 5.82 Å². The van der Waals surface area contributed by atoms with E-state index >= 15 is 0 Å². The van der Waals surface area contributed by atoms with E-state index in [-0.39, 0.29) is 28.1 Å². The van der Waals surface area contributed by atoms with Crippen molar-refractivity contribution in [2.75, 3.05) is 11.8 Å². The third-order valence-corrected chi connectivity index (χ3v) is 5.66. The number of nitrogens with one attached hydrogen (secondary N) is 1. The van der Waals surface area contributed by atoms with Crippen LogP contribution in [0.25, 0.3) is 0 Å². The molecule has 0 aliphatic heterocycles. The van der Waals surface area contributed by atoms with Crippen molar-refractivity contribution in [2.24, 2.45) is 0 Å². The van der Waals surface area contributed by atoms with Crippen molar-refractivity contribution in [2.45, 2.75) is 18.4 Å². The number of aryl methyl sites for hydroxylation is 1. The average Bonchev–Trinajstić information content (AvgIpc) is 2.68. The fourth-order valence-electron chi connectivity index (χ4n) is 2.55. The summed E-state index contributed by atoms with van der Waals surface area (Å²) in [4.78, 5) is 4.03. The summed E-state index contributed by atoms with van der Waals surface area (Å²) in [6.45, 7) is 2.27. The second kappa shape index (κ2) is 8.50. The molecule has 146 valence electrons. The van der Waals surface area contributed by atoms with Gasteiger partial charge in [0.1, 0.15) is 17.3 Å². The van der Waals surface area contributed by atoms with Crippen LogP contribution in [0.5, 0.6) is 11.5 Å². The Morgan fingerprint density at radius 1 is 1.07 bits per heavy atom. The lowest BCUT2D eigenvalue weighted by Crippen LogP contribution is -2.16. The van der Waals surface area contributed by atoms with Crippen molar-refractivity contribution < 1.29 is 17.9 Å². The fraction of sp³-hybridized carbons (Fsp3) is 0.150. The number of methoxy groups -OCH3 is 1. The third-order valence-electron chi connectivity index (χ3n) is 4.06. The minimum absolute atomic E-state index is 0.0816. The Morgan fingerprint density at radius 2 is 1.86 bits per heavy atom. The van der Waals surface area contributed by atoms with Gasteiger partial charge in [0.05, 0.1) is 7.11 Å². The van der Waals surface area contributed by atoms with Gasteiger partial charge in [-0.2, -0.15) is 0 Å². The highest BCUT2D eigenvalue weighted by atomic mass is 35.5. The van der Waals surface area contributed by atoms with E-state index in [1.165, 1.54) is 25.4 Å². The Balaban J connectivity index is 1.87. The van der Waals surface area contributed by atoms with Crippen LogP contribution in [-0.4, -0.2) is 20.5 Å². The maximum atomic E-state index is 12.9. The van der Waals surface area contributed by atoms with E-state index in [4.69, 9.17) is 21.1 Å². The van der Waals surface area contributed by atoms with Gasteiger partial charge < -0.3 is 9.47 Å². The van der Waals surface area contributed by atoms with E-state index in [1.54, 1.807) is 18.2 Å². The third kappa shape index (κ3) is 4.55. The zero-order valence-corrected chi connectivity index (χ0v) is 16.9. The maximum Gasteiger partial charge on any atom is 0.266 e. The summed E-state index contributed by atoms with van der Waals surface area (Å²) in [7, 11) is -2.61. The molecule has 0 saturated carbocycles. The zero-order valence-electron chi connectivity index (χ0n) is 15.3. The van der Waals surface area contributed by atoms with Crippen molar-refractivity contribution in [1.29, 1.82) is 0 Å². The molecule has 1 heterocycles. The van der Waals surface area contributed by atoms with Gasteiger partial charge in [0.15, 0.2) is 11.6 Å². The monoisotopic (exact) mass is 418 g/mol. The highest BCUT2D eigenvalue weighted by molar-refractivity contribution is 7.92. The van der Waals surface area contributed by atoms with E-state index in [0.29, 0.717) is 5.75 Å². The fourth-order valence-corrected chi connectivity index (χ4v) is 4.01. The maximum absolute atomic E-state index is 12.9. The van der Waals surface area contributed by atoms with Gasteiger partial charge in [0.25, 0.3) is 10.0 Å². The summed E-state index contributed by atoms with van der Waals surface area (Å²) in [6.07, 6.45) is 1.48. The molecule has 0 saturated heterocycles. The number of hydrogen-bond acceptors (Lipinski definition) is 5. The van der Waals surface area contributed by atoms with Gasteiger partial charge in [-0.1, -0.05) is 35.9 Å². The first-order chi connectivity index (χ1) is 13.4. The molecule has 3 rings (SSSR count). The molecule has 0 radical (unpaired) electrons. The van der Waals surface area contributed by atoms with E-state index in [2.05, 4.69) is 9.71 Å². The van der Waals surface area contributed by atoms with Crippen LogP contribution in [0.3, 0.4) is 0 Å². The van der Waals surface area contributed by atoms with Crippen molar-refractivity contribution in [3.63, 3.8) is 0 Å². The molecular weight excluding hydrogens is 400 g/mol. The molecule has 0 aliphatic rings. The average molecular weight is 419 g/mol. The smallest absolute Gasteiger partial charge is 0.266 e. The van der Waals surface area contributed by atoms with E-state index in [1.807, 2.05) is 31.2 Å². The highest BCUT2D eigenvalue weighted by Gasteiger charge is 2.22. The Bertz CT molecular complexity index is 1090. The van der Waals surface area contributed by atoms with Gasteiger partial charge in [-0.3, -0.25) is 4.72 Å². The Hall–Kier alpha value is -2.77. The number of benzene rings is 2. The first kappa shape index (κ1) is 20.0. The van der Waals surface area contributed by atoms with Crippen LogP contribution < -0.4 is 14.2 Å². The van der Waals surface area contributed by atoms with E-state index < -0.39 is 10.0 Å². The second-order valence-electron chi connectivity index (χ2n) is 5.97. The van der Waals surface area contributed by atoms with Crippen LogP contribution in [0.15, 0.2) is 65.7 Å². The second-order valence-corrected chi connectivity index (χ2v) is 8.05. The molecule has 3 aromatic rings. The summed E-state index contributed by atoms with van der Waals surface area (Å²) < 4.78 is 39.2. The van der Waals surface area contributed by atoms with E-state index in [0.717, 1.165) is 11.1 Å². The zero-order chi connectivity index (χ0) is 20.1. The number of halogens is 1. The molecule has 6 nitrogen and oxygen atoms in total. The molecule has 1 aromatic heterocycles. The van der Waals surface area contributed by atoms with Gasteiger partial charge in [0.2, 0.25) is 0 Å². The minimum atomic E-state index is -3.99. The van der Waals surface area contributed by atoms with Gasteiger partial charge in [-0.25, -0.2) is 13.4 Å². The molecule has 0 unspecified atom stereocenters.